The molecule has 0 aliphatic heterocycles. The highest BCUT2D eigenvalue weighted by atomic mass is 80.0. The summed E-state index contributed by atoms with van der Waals surface area (Å²) in [7, 11) is 5.30. The van der Waals surface area contributed by atoms with E-state index in [1.54, 1.807) is 0 Å². The Kier molecular flexibility index (Phi) is 14.1. The highest BCUT2D eigenvalue weighted by molar-refractivity contribution is 9.69. The van der Waals surface area contributed by atoms with Crippen LogP contribution in [0.25, 0.3) is 0 Å². The van der Waals surface area contributed by atoms with Crippen molar-refractivity contribution in [3.63, 3.8) is 0 Å². The van der Waals surface area contributed by atoms with Crippen LogP contribution in [0, 0.1) is 0 Å². The molecule has 0 N–H and O–H groups in total. The number of hydrogen-bond acceptors (Lipinski definition) is 1. The Labute approximate surface area is 76.2 Å². The zero-order chi connectivity index (χ0) is 7.15. The van der Waals surface area contributed by atoms with Gasteiger partial charge in [0.2, 0.25) is 0 Å². The second-order valence-corrected chi connectivity index (χ2v) is 21.4. The average molecular weight is 326 g/mol. The third-order valence-electron chi connectivity index (χ3n) is 0. The maximum absolute atomic E-state index is 3.24. The van der Waals surface area contributed by atoms with Crippen molar-refractivity contribution in [1.82, 2.24) is 4.90 Å². The minimum atomic E-state index is -0.701. The first-order valence-electron chi connectivity index (χ1n) is 2.00. The minimum Gasteiger partial charge on any atom is -0.312 e. The van der Waals surface area contributed by atoms with E-state index in [-0.39, 0.29) is 0 Å². The third kappa shape index (κ3) is 102. The molecule has 0 amide bonds. The maximum atomic E-state index is 3.24. The fourth-order valence-corrected chi connectivity index (χ4v) is 0. The van der Waals surface area contributed by atoms with Gasteiger partial charge < -0.3 is 4.90 Å². The second-order valence-electron chi connectivity index (χ2n) is 1.59. The van der Waals surface area contributed by atoms with E-state index in [0.717, 1.165) is 0 Å². The highest BCUT2D eigenvalue weighted by Crippen LogP contribution is 2.07. The van der Waals surface area contributed by atoms with Crippen LogP contribution in [0.2, 0.25) is 0 Å². The summed E-state index contributed by atoms with van der Waals surface area (Å²) in [6, 6.07) is 0. The lowest BCUT2D eigenvalue weighted by atomic mass is 11.0. The van der Waals surface area contributed by atoms with Crippen molar-refractivity contribution in [2.45, 2.75) is 0 Å². The molecule has 0 unspecified atom stereocenters. The lowest BCUT2D eigenvalue weighted by Gasteiger charge is -1.90. The van der Waals surface area contributed by atoms with Gasteiger partial charge in [-0.05, 0) is 21.1 Å². The first kappa shape index (κ1) is 12.6. The molecule has 8 heavy (non-hydrogen) atoms. The van der Waals surface area contributed by atoms with Crippen molar-refractivity contribution >= 4 is 50.8 Å². The molecule has 0 aromatic heterocycles. The molecule has 0 aliphatic rings. The van der Waals surface area contributed by atoms with Gasteiger partial charge in [-0.2, -0.15) is 42.2 Å². The first-order chi connectivity index (χ1) is 3.46. The van der Waals surface area contributed by atoms with Gasteiger partial charge in [-0.3, -0.25) is 0 Å². The van der Waals surface area contributed by atoms with E-state index in [9.17, 15) is 0 Å². The Balaban J connectivity index is 0. The lowest BCUT2D eigenvalue weighted by Crippen LogP contribution is -1.99. The van der Waals surface area contributed by atoms with Gasteiger partial charge in [-0.1, -0.05) is 0 Å². The number of rotatable bonds is 0. The number of nitrogens with zero attached hydrogens (tertiary/aromatic N) is 1. The van der Waals surface area contributed by atoms with Crippen molar-refractivity contribution in [3.05, 3.63) is 0 Å². The third-order valence-corrected chi connectivity index (χ3v) is 0. The summed E-state index contributed by atoms with van der Waals surface area (Å²) in [5.74, 6) is 0. The van der Waals surface area contributed by atoms with Crippen molar-refractivity contribution in [2.75, 3.05) is 21.1 Å². The Morgan fingerprint density at radius 3 is 1.00 bits per heavy atom. The topological polar surface area (TPSA) is 3.24 Å². The van der Waals surface area contributed by atoms with Gasteiger partial charge in [0.25, 0.3) is 0 Å². The quantitative estimate of drug-likeness (QED) is 0.618. The Morgan fingerprint density at radius 1 is 1.00 bits per heavy atom. The standard InChI is InChI=1S/C3H9N.Al.3BrH/c1-4(2)3;;;;/h1-3H3;;3*1H/q;+3;;;/p-3. The summed E-state index contributed by atoms with van der Waals surface area (Å²) in [6.45, 7) is 0. The molecule has 0 heterocycles. The maximum Gasteiger partial charge on any atom is 0.542 e. The van der Waals surface area contributed by atoms with E-state index in [0.29, 0.717) is 0 Å². The predicted octanol–water partition coefficient (Wildman–Crippen LogP) is 2.33. The molecule has 0 rings (SSSR count). The van der Waals surface area contributed by atoms with Gasteiger partial charge in [0.15, 0.2) is 0 Å². The van der Waals surface area contributed by atoms with Crippen LogP contribution in [0.1, 0.15) is 0 Å². The summed E-state index contributed by atoms with van der Waals surface area (Å²) in [6.07, 6.45) is 0. The van der Waals surface area contributed by atoms with Crippen LogP contribution >= 0.6 is 42.2 Å². The largest absolute Gasteiger partial charge is 0.542 e. The molecule has 1 nitrogen and oxygen atoms in total. The van der Waals surface area contributed by atoms with Gasteiger partial charge in [-0.15, -0.1) is 0 Å². The first-order valence-corrected chi connectivity index (χ1v) is 11.5. The van der Waals surface area contributed by atoms with Crippen LogP contribution < -0.4 is 0 Å². The average Bonchev–Trinajstić information content (AvgIpc) is 1.25. The van der Waals surface area contributed by atoms with Gasteiger partial charge in [0.05, 0.1) is 0 Å². The molecule has 0 atom stereocenters. The summed E-state index contributed by atoms with van der Waals surface area (Å²) in [5, 5.41) is 0. The minimum absolute atomic E-state index is 0.701. The fraction of sp³-hybridized carbons (Fsp3) is 1.00. The molecule has 50 valence electrons. The predicted molar refractivity (Wildman–Crippen MR) is 52.1 cm³/mol. The Hall–Kier alpha value is 1.93. The van der Waals surface area contributed by atoms with Crippen molar-refractivity contribution in [1.29, 1.82) is 0 Å². The SMILES string of the molecule is CN(C)C.[Br][Al]([Br])[Br]. The molecule has 0 aromatic carbocycles. The molecule has 0 saturated carbocycles. The molecule has 0 bridgehead atoms. The van der Waals surface area contributed by atoms with E-state index >= 15 is 0 Å². The summed E-state index contributed by atoms with van der Waals surface area (Å²) >= 11 is 9.73. The Bertz CT molecular complexity index is 30.0. The van der Waals surface area contributed by atoms with Gasteiger partial charge in [-0.25, -0.2) is 0 Å². The molecule has 0 spiro atoms. The van der Waals surface area contributed by atoms with Gasteiger partial charge >= 0.3 is 8.67 Å². The normalized spacial score (nSPS) is 7.88. The molecule has 5 heteroatoms. The molecule has 0 radical (unpaired) electrons. The number of hydrogen-bond donors (Lipinski definition) is 0. The molecule has 0 aromatic rings. The summed E-state index contributed by atoms with van der Waals surface area (Å²) < 4.78 is 0. The van der Waals surface area contributed by atoms with Crippen LogP contribution in [0.4, 0.5) is 0 Å². The van der Waals surface area contributed by atoms with Crippen molar-refractivity contribution in [2.24, 2.45) is 0 Å². The molecular formula is C3H9AlBr3N. The van der Waals surface area contributed by atoms with Crippen LogP contribution in [-0.2, 0) is 0 Å². The zero-order valence-corrected chi connectivity index (χ0v) is 11.1. The van der Waals surface area contributed by atoms with Crippen LogP contribution in [0.3, 0.4) is 0 Å². The van der Waals surface area contributed by atoms with Crippen molar-refractivity contribution < 1.29 is 0 Å². The summed E-state index contributed by atoms with van der Waals surface area (Å²) in [5.41, 5.74) is 0. The van der Waals surface area contributed by atoms with E-state index in [1.807, 2.05) is 26.0 Å². The van der Waals surface area contributed by atoms with Crippen LogP contribution in [-0.4, -0.2) is 34.7 Å². The highest BCUT2D eigenvalue weighted by Gasteiger charge is 1.95. The van der Waals surface area contributed by atoms with E-state index in [1.165, 1.54) is 0 Å². The van der Waals surface area contributed by atoms with E-state index in [4.69, 9.17) is 0 Å². The van der Waals surface area contributed by atoms with Gasteiger partial charge in [0, 0.05) is 0 Å². The Morgan fingerprint density at radius 2 is 1.00 bits per heavy atom. The lowest BCUT2D eigenvalue weighted by molar-refractivity contribution is 0.505. The monoisotopic (exact) mass is 323 g/mol. The van der Waals surface area contributed by atoms with Crippen LogP contribution in [0.15, 0.2) is 0 Å². The summed E-state index contributed by atoms with van der Waals surface area (Å²) in [4.78, 5) is 2.00. The van der Waals surface area contributed by atoms with Crippen LogP contribution in [0.5, 0.6) is 0 Å². The smallest absolute Gasteiger partial charge is 0.312 e. The van der Waals surface area contributed by atoms with Crippen molar-refractivity contribution in [3.8, 4) is 0 Å². The fourth-order valence-electron chi connectivity index (χ4n) is 0. The molecule has 0 saturated heterocycles. The molecular weight excluding hydrogens is 317 g/mol. The zero-order valence-electron chi connectivity index (χ0n) is 5.16. The van der Waals surface area contributed by atoms with Gasteiger partial charge in [0.1, 0.15) is 0 Å². The number of halogens is 3. The molecule has 0 aliphatic carbocycles. The van der Waals surface area contributed by atoms with E-state index in [2.05, 4.69) is 42.2 Å². The molecule has 0 fully saturated rings. The van der Waals surface area contributed by atoms with E-state index < -0.39 is 8.67 Å². The second kappa shape index (κ2) is 8.93.